The summed E-state index contributed by atoms with van der Waals surface area (Å²) < 4.78 is 5.40. The van der Waals surface area contributed by atoms with Gasteiger partial charge < -0.3 is 25.3 Å². The van der Waals surface area contributed by atoms with Crippen molar-refractivity contribution in [3.63, 3.8) is 0 Å². The third kappa shape index (κ3) is 9.33. The Hall–Kier alpha value is -4.92. The smallest absolute Gasteiger partial charge is 0.408 e. The lowest BCUT2D eigenvalue weighted by atomic mass is 10.0. The minimum Gasteiger partial charge on any atom is -0.445 e. The zero-order chi connectivity index (χ0) is 29.7. The summed E-state index contributed by atoms with van der Waals surface area (Å²) in [4.78, 5) is 48.5. The molecule has 42 heavy (non-hydrogen) atoms. The van der Waals surface area contributed by atoms with E-state index in [1.807, 2.05) is 98.8 Å². The molecule has 1 unspecified atom stereocenters. The Morgan fingerprint density at radius 1 is 0.952 bits per heavy atom. The van der Waals surface area contributed by atoms with Crippen molar-refractivity contribution in [1.82, 2.24) is 25.5 Å². The van der Waals surface area contributed by atoms with Gasteiger partial charge in [-0.2, -0.15) is 0 Å². The zero-order valence-electron chi connectivity index (χ0n) is 24.0. The fraction of sp³-hybridized carbons (Fsp3) is 0.273. The van der Waals surface area contributed by atoms with Crippen molar-refractivity contribution >= 4 is 17.9 Å². The number of nitrogens with zero attached hydrogens (tertiary/aromatic N) is 2. The Morgan fingerprint density at radius 2 is 1.67 bits per heavy atom. The molecule has 0 fully saturated rings. The number of imidazole rings is 1. The molecule has 4 rings (SSSR count). The molecule has 218 valence electrons. The zero-order valence-corrected chi connectivity index (χ0v) is 24.0. The van der Waals surface area contributed by atoms with Crippen molar-refractivity contribution in [1.29, 1.82) is 0 Å². The first kappa shape index (κ1) is 30.0. The van der Waals surface area contributed by atoms with Crippen LogP contribution in [0.3, 0.4) is 0 Å². The quantitative estimate of drug-likeness (QED) is 0.220. The van der Waals surface area contributed by atoms with Crippen LogP contribution >= 0.6 is 0 Å². The van der Waals surface area contributed by atoms with Gasteiger partial charge >= 0.3 is 6.09 Å². The molecule has 3 amide bonds. The van der Waals surface area contributed by atoms with Crippen LogP contribution in [0.2, 0.25) is 0 Å². The van der Waals surface area contributed by atoms with E-state index < -0.39 is 18.0 Å². The first-order valence-corrected chi connectivity index (χ1v) is 14.0. The van der Waals surface area contributed by atoms with Gasteiger partial charge in [0.1, 0.15) is 12.6 Å². The number of hydrogen-bond acceptors (Lipinski definition) is 5. The minimum atomic E-state index is -1.00. The molecule has 9 heteroatoms. The Labute approximate surface area is 246 Å². The average molecular weight is 568 g/mol. The maximum Gasteiger partial charge on any atom is 0.408 e. The number of aromatic nitrogens is 2. The molecule has 0 aliphatic heterocycles. The van der Waals surface area contributed by atoms with Crippen LogP contribution in [0.5, 0.6) is 0 Å². The summed E-state index contributed by atoms with van der Waals surface area (Å²) >= 11 is 0. The van der Waals surface area contributed by atoms with Crippen LogP contribution in [0.1, 0.15) is 40.8 Å². The van der Waals surface area contributed by atoms with Crippen LogP contribution in [0.15, 0.2) is 97.5 Å². The van der Waals surface area contributed by atoms with E-state index >= 15 is 0 Å². The maximum absolute atomic E-state index is 14.0. The molecule has 0 aliphatic rings. The van der Waals surface area contributed by atoms with Gasteiger partial charge in [-0.05, 0) is 29.5 Å². The van der Waals surface area contributed by atoms with Crippen molar-refractivity contribution in [3.05, 3.63) is 125 Å². The van der Waals surface area contributed by atoms with Crippen molar-refractivity contribution < 1.29 is 19.1 Å². The van der Waals surface area contributed by atoms with E-state index in [-0.39, 0.29) is 37.9 Å². The van der Waals surface area contributed by atoms with Gasteiger partial charge in [0.25, 0.3) is 0 Å². The lowest BCUT2D eigenvalue weighted by molar-refractivity contribution is -0.138. The van der Waals surface area contributed by atoms with Gasteiger partial charge in [-0.3, -0.25) is 9.59 Å². The number of carbonyl (C=O) groups excluding carboxylic acids is 3. The highest BCUT2D eigenvalue weighted by molar-refractivity contribution is 5.89. The van der Waals surface area contributed by atoms with Gasteiger partial charge in [-0.25, -0.2) is 9.78 Å². The molecule has 0 bridgehead atoms. The highest BCUT2D eigenvalue weighted by atomic mass is 16.5. The predicted octanol–water partition coefficient (Wildman–Crippen LogP) is 4.50. The number of nitrogens with one attached hydrogen (secondary N) is 3. The second kappa shape index (κ2) is 15.2. The summed E-state index contributed by atoms with van der Waals surface area (Å²) in [5, 5.41) is 5.67. The van der Waals surface area contributed by atoms with Gasteiger partial charge in [0.2, 0.25) is 11.8 Å². The van der Waals surface area contributed by atoms with Crippen LogP contribution in [0, 0.1) is 6.92 Å². The minimum absolute atomic E-state index is 0.0605. The third-order valence-electron chi connectivity index (χ3n) is 6.85. The molecule has 0 aliphatic carbocycles. The van der Waals surface area contributed by atoms with Crippen molar-refractivity contribution in [3.8, 4) is 0 Å². The number of amides is 3. The maximum atomic E-state index is 14.0. The summed E-state index contributed by atoms with van der Waals surface area (Å²) in [5.74, 6) is -0.601. The number of carbonyl (C=O) groups is 3. The van der Waals surface area contributed by atoms with Crippen molar-refractivity contribution in [2.75, 3.05) is 13.1 Å². The van der Waals surface area contributed by atoms with E-state index in [0.29, 0.717) is 12.2 Å². The number of alkyl carbamates (subject to hydrolysis) is 1. The Kier molecular flexibility index (Phi) is 10.9. The van der Waals surface area contributed by atoms with Crippen molar-refractivity contribution in [2.45, 2.75) is 45.4 Å². The van der Waals surface area contributed by atoms with E-state index in [1.54, 1.807) is 6.20 Å². The van der Waals surface area contributed by atoms with Crippen molar-refractivity contribution in [2.24, 2.45) is 0 Å². The highest BCUT2D eigenvalue weighted by Crippen LogP contribution is 2.14. The van der Waals surface area contributed by atoms with Crippen LogP contribution < -0.4 is 10.6 Å². The van der Waals surface area contributed by atoms with E-state index in [9.17, 15) is 14.4 Å². The number of aryl methyl sites for hydroxylation is 1. The van der Waals surface area contributed by atoms with E-state index in [4.69, 9.17) is 4.74 Å². The molecule has 0 radical (unpaired) electrons. The van der Waals surface area contributed by atoms with E-state index in [1.165, 1.54) is 11.2 Å². The molecular weight excluding hydrogens is 530 g/mol. The molecule has 3 aromatic carbocycles. The Bertz CT molecular complexity index is 1430. The van der Waals surface area contributed by atoms with Gasteiger partial charge in [-0.1, -0.05) is 97.4 Å². The number of rotatable bonds is 13. The highest BCUT2D eigenvalue weighted by Gasteiger charge is 2.29. The topological polar surface area (TPSA) is 116 Å². The fourth-order valence-corrected chi connectivity index (χ4v) is 4.58. The first-order valence-electron chi connectivity index (χ1n) is 14.0. The molecule has 0 spiro atoms. The SMILES string of the molecule is Cc1cccc(CN(CC(=O)NCC(C)c2ccccc2)C(=O)[C@H](Cc2c[nH]cn2)NC(=O)OCc2ccccc2)c1. The standard InChI is InChI=1S/C33H37N5O4/c1-24-10-9-13-27(16-24)20-38(21-31(39)35-18-25(2)28-14-7-4-8-15-28)32(40)30(17-29-19-34-23-36-29)37-33(41)42-22-26-11-5-3-6-12-26/h3-16,19,23,25,30H,17-18,20-22H2,1-2H3,(H,34,36)(H,35,39)(H,37,41)/t25?,30-/m0/s1. The summed E-state index contributed by atoms with van der Waals surface area (Å²) in [5.41, 5.74) is 4.44. The number of benzene rings is 3. The molecule has 2 atom stereocenters. The van der Waals surface area contributed by atoms with Crippen LogP contribution in [0.25, 0.3) is 0 Å². The number of hydrogen-bond donors (Lipinski definition) is 3. The average Bonchev–Trinajstić information content (AvgIpc) is 3.52. The first-order chi connectivity index (χ1) is 20.4. The second-order valence-electron chi connectivity index (χ2n) is 10.3. The number of aromatic amines is 1. The molecule has 0 saturated heterocycles. The van der Waals surface area contributed by atoms with Crippen LogP contribution in [-0.4, -0.2) is 51.9 Å². The monoisotopic (exact) mass is 567 g/mol. The summed E-state index contributed by atoms with van der Waals surface area (Å²) in [6.07, 6.45) is 2.57. The molecule has 4 aromatic rings. The largest absolute Gasteiger partial charge is 0.445 e. The van der Waals surface area contributed by atoms with Crippen LogP contribution in [0.4, 0.5) is 4.79 Å². The van der Waals surface area contributed by atoms with Gasteiger partial charge in [-0.15, -0.1) is 0 Å². The fourth-order valence-electron chi connectivity index (χ4n) is 4.58. The lowest BCUT2D eigenvalue weighted by Crippen LogP contribution is -2.52. The number of H-pyrrole nitrogens is 1. The summed E-state index contributed by atoms with van der Waals surface area (Å²) in [6, 6.07) is 26.0. The van der Waals surface area contributed by atoms with Gasteiger partial charge in [0.15, 0.2) is 0 Å². The van der Waals surface area contributed by atoms with Crippen LogP contribution in [-0.2, 0) is 33.9 Å². The molecule has 9 nitrogen and oxygen atoms in total. The number of ether oxygens (including phenoxy) is 1. The Balaban J connectivity index is 1.48. The summed E-state index contributed by atoms with van der Waals surface area (Å²) in [6.45, 7) is 4.52. The third-order valence-corrected chi connectivity index (χ3v) is 6.85. The van der Waals surface area contributed by atoms with Gasteiger partial charge in [0, 0.05) is 25.7 Å². The molecular formula is C33H37N5O4. The lowest BCUT2D eigenvalue weighted by Gasteiger charge is -2.28. The van der Waals surface area contributed by atoms with E-state index in [0.717, 1.165) is 22.3 Å². The molecule has 3 N–H and O–H groups in total. The Morgan fingerprint density at radius 3 is 2.36 bits per heavy atom. The predicted molar refractivity (Wildman–Crippen MR) is 160 cm³/mol. The second-order valence-corrected chi connectivity index (χ2v) is 10.3. The van der Waals surface area contributed by atoms with E-state index in [2.05, 4.69) is 20.6 Å². The van der Waals surface area contributed by atoms with Gasteiger partial charge in [0.05, 0.1) is 18.6 Å². The molecule has 1 aromatic heterocycles. The normalized spacial score (nSPS) is 12.1. The molecule has 1 heterocycles. The summed E-state index contributed by atoms with van der Waals surface area (Å²) in [7, 11) is 0. The molecule has 0 saturated carbocycles.